The topological polar surface area (TPSA) is 70.2 Å². The van der Waals surface area contributed by atoms with Gasteiger partial charge in [-0.25, -0.2) is 9.18 Å². The third-order valence-corrected chi connectivity index (χ3v) is 2.71. The van der Waals surface area contributed by atoms with Crippen molar-refractivity contribution < 1.29 is 14.0 Å². The summed E-state index contributed by atoms with van der Waals surface area (Å²) >= 11 is 0. The Balaban J connectivity index is 1.92. The zero-order valence-corrected chi connectivity index (χ0v) is 9.70. The van der Waals surface area contributed by atoms with Gasteiger partial charge in [-0.05, 0) is 25.0 Å². The van der Waals surface area contributed by atoms with Crippen molar-refractivity contribution in [3.63, 3.8) is 0 Å². The fourth-order valence-electron chi connectivity index (χ4n) is 1.79. The maximum Gasteiger partial charge on any atom is 0.319 e. The fraction of sp³-hybridized carbons (Fsp3) is 0.333. The van der Waals surface area contributed by atoms with E-state index in [1.165, 1.54) is 18.2 Å². The first-order valence-corrected chi connectivity index (χ1v) is 5.76. The van der Waals surface area contributed by atoms with Gasteiger partial charge < -0.3 is 16.0 Å². The summed E-state index contributed by atoms with van der Waals surface area (Å²) in [5.41, 5.74) is 0.0891. The molecule has 1 atom stereocenters. The molecule has 5 nitrogen and oxygen atoms in total. The number of hydrogen-bond acceptors (Lipinski definition) is 2. The van der Waals surface area contributed by atoms with Crippen LogP contribution in [0.15, 0.2) is 24.3 Å². The molecule has 0 spiro atoms. The number of benzene rings is 1. The minimum absolute atomic E-state index is 0.0891. The van der Waals surface area contributed by atoms with Gasteiger partial charge in [-0.3, -0.25) is 4.79 Å². The van der Waals surface area contributed by atoms with Crippen molar-refractivity contribution >= 4 is 17.6 Å². The normalized spacial score (nSPS) is 18.9. The lowest BCUT2D eigenvalue weighted by Crippen LogP contribution is -2.51. The molecule has 1 saturated heterocycles. The van der Waals surface area contributed by atoms with Gasteiger partial charge in [-0.15, -0.1) is 0 Å². The Morgan fingerprint density at radius 3 is 2.89 bits per heavy atom. The molecule has 1 aliphatic heterocycles. The van der Waals surface area contributed by atoms with Crippen molar-refractivity contribution in [3.05, 3.63) is 30.1 Å². The van der Waals surface area contributed by atoms with E-state index in [1.54, 1.807) is 6.07 Å². The average Bonchev–Trinajstić information content (AvgIpc) is 2.35. The number of piperidine rings is 1. The summed E-state index contributed by atoms with van der Waals surface area (Å²) in [6.07, 6.45) is 1.41. The van der Waals surface area contributed by atoms with E-state index in [9.17, 15) is 14.0 Å². The second-order valence-electron chi connectivity index (χ2n) is 4.06. The Morgan fingerprint density at radius 2 is 2.17 bits per heavy atom. The van der Waals surface area contributed by atoms with Crippen LogP contribution < -0.4 is 16.0 Å². The molecule has 0 radical (unpaired) electrons. The van der Waals surface area contributed by atoms with Crippen LogP contribution in [0, 0.1) is 5.82 Å². The molecule has 0 bridgehead atoms. The molecule has 1 fully saturated rings. The van der Waals surface area contributed by atoms with Gasteiger partial charge >= 0.3 is 6.03 Å². The summed E-state index contributed by atoms with van der Waals surface area (Å²) in [5, 5.41) is 7.55. The van der Waals surface area contributed by atoms with E-state index in [4.69, 9.17) is 0 Å². The summed E-state index contributed by atoms with van der Waals surface area (Å²) < 4.78 is 13.3. The van der Waals surface area contributed by atoms with Crippen LogP contribution in [0.25, 0.3) is 0 Å². The van der Waals surface area contributed by atoms with E-state index in [2.05, 4.69) is 16.0 Å². The van der Waals surface area contributed by atoms with Gasteiger partial charge in [-0.1, -0.05) is 12.1 Å². The number of carbonyl (C=O) groups excluding carboxylic acids is 2. The lowest BCUT2D eigenvalue weighted by atomic mass is 10.1. The lowest BCUT2D eigenvalue weighted by molar-refractivity contribution is -0.124. The highest BCUT2D eigenvalue weighted by Gasteiger charge is 2.23. The van der Waals surface area contributed by atoms with Crippen molar-refractivity contribution in [1.29, 1.82) is 0 Å². The molecule has 1 heterocycles. The Kier molecular flexibility index (Phi) is 3.76. The quantitative estimate of drug-likeness (QED) is 0.739. The standard InChI is InChI=1S/C12H14FN3O2/c13-8-4-1-2-5-9(8)15-12(18)16-10-6-3-7-14-11(10)17/h1-2,4-5,10H,3,6-7H2,(H,14,17)(H2,15,16,18). The summed E-state index contributed by atoms with van der Waals surface area (Å²) in [7, 11) is 0. The van der Waals surface area contributed by atoms with E-state index in [0.717, 1.165) is 6.42 Å². The highest BCUT2D eigenvalue weighted by molar-refractivity contribution is 5.93. The van der Waals surface area contributed by atoms with Gasteiger partial charge in [0.1, 0.15) is 11.9 Å². The van der Waals surface area contributed by atoms with Crippen molar-refractivity contribution in [2.24, 2.45) is 0 Å². The maximum atomic E-state index is 13.3. The molecule has 3 N–H and O–H groups in total. The molecular formula is C12H14FN3O2. The van der Waals surface area contributed by atoms with Crippen LogP contribution in [-0.2, 0) is 4.79 Å². The summed E-state index contributed by atoms with van der Waals surface area (Å²) in [6, 6.07) is 4.73. The molecule has 0 aromatic heterocycles. The predicted molar refractivity (Wildman–Crippen MR) is 64.6 cm³/mol. The zero-order valence-electron chi connectivity index (χ0n) is 9.70. The highest BCUT2D eigenvalue weighted by Crippen LogP contribution is 2.12. The second-order valence-corrected chi connectivity index (χ2v) is 4.06. The Morgan fingerprint density at radius 1 is 1.39 bits per heavy atom. The molecule has 18 heavy (non-hydrogen) atoms. The van der Waals surface area contributed by atoms with Gasteiger partial charge in [-0.2, -0.15) is 0 Å². The Hall–Kier alpha value is -2.11. The van der Waals surface area contributed by atoms with E-state index in [-0.39, 0.29) is 11.6 Å². The second kappa shape index (κ2) is 5.48. The van der Waals surface area contributed by atoms with Crippen LogP contribution in [0.5, 0.6) is 0 Å². The minimum atomic E-state index is -0.581. The number of anilines is 1. The molecule has 1 aromatic rings. The van der Waals surface area contributed by atoms with E-state index in [1.807, 2.05) is 0 Å². The van der Waals surface area contributed by atoms with Crippen molar-refractivity contribution in [3.8, 4) is 0 Å². The van der Waals surface area contributed by atoms with Gasteiger partial charge in [0, 0.05) is 6.54 Å². The first-order chi connectivity index (χ1) is 8.66. The molecule has 1 unspecified atom stereocenters. The molecule has 3 amide bonds. The van der Waals surface area contributed by atoms with Crippen LogP contribution in [0.4, 0.5) is 14.9 Å². The first kappa shape index (κ1) is 12.3. The molecular weight excluding hydrogens is 237 g/mol. The number of urea groups is 1. The molecule has 1 aliphatic rings. The number of carbonyl (C=O) groups is 2. The van der Waals surface area contributed by atoms with Gasteiger partial charge in [0.15, 0.2) is 0 Å². The summed E-state index contributed by atoms with van der Waals surface area (Å²) in [4.78, 5) is 23.0. The van der Waals surface area contributed by atoms with Crippen LogP contribution >= 0.6 is 0 Å². The van der Waals surface area contributed by atoms with Crippen LogP contribution in [0.2, 0.25) is 0 Å². The number of para-hydroxylation sites is 1. The molecule has 1 aromatic carbocycles. The van der Waals surface area contributed by atoms with Crippen LogP contribution in [0.3, 0.4) is 0 Å². The summed E-state index contributed by atoms with van der Waals surface area (Å²) in [6.45, 7) is 0.631. The van der Waals surface area contributed by atoms with Crippen molar-refractivity contribution in [1.82, 2.24) is 10.6 Å². The van der Waals surface area contributed by atoms with Gasteiger partial charge in [0.25, 0.3) is 0 Å². The molecule has 96 valence electrons. The third kappa shape index (κ3) is 2.97. The highest BCUT2D eigenvalue weighted by atomic mass is 19.1. The SMILES string of the molecule is O=C(Nc1ccccc1F)NC1CCCNC1=O. The van der Waals surface area contributed by atoms with E-state index in [0.29, 0.717) is 13.0 Å². The van der Waals surface area contributed by atoms with Crippen molar-refractivity contribution in [2.75, 3.05) is 11.9 Å². The summed E-state index contributed by atoms with van der Waals surface area (Å²) in [5.74, 6) is -0.717. The number of amides is 3. The largest absolute Gasteiger partial charge is 0.354 e. The van der Waals surface area contributed by atoms with Crippen LogP contribution in [-0.4, -0.2) is 24.5 Å². The maximum absolute atomic E-state index is 13.3. The number of halogens is 1. The van der Waals surface area contributed by atoms with Crippen LogP contribution in [0.1, 0.15) is 12.8 Å². The molecule has 0 saturated carbocycles. The third-order valence-electron chi connectivity index (χ3n) is 2.71. The van der Waals surface area contributed by atoms with E-state index >= 15 is 0 Å². The average molecular weight is 251 g/mol. The minimum Gasteiger partial charge on any atom is -0.354 e. The zero-order chi connectivity index (χ0) is 13.0. The number of hydrogen-bond donors (Lipinski definition) is 3. The smallest absolute Gasteiger partial charge is 0.319 e. The van der Waals surface area contributed by atoms with Gasteiger partial charge in [0.2, 0.25) is 5.91 Å². The Labute approximate surface area is 104 Å². The van der Waals surface area contributed by atoms with Gasteiger partial charge in [0.05, 0.1) is 5.69 Å². The number of rotatable bonds is 2. The molecule has 2 rings (SSSR count). The fourth-order valence-corrected chi connectivity index (χ4v) is 1.79. The monoisotopic (exact) mass is 251 g/mol. The Bertz CT molecular complexity index is 464. The van der Waals surface area contributed by atoms with Crippen molar-refractivity contribution in [2.45, 2.75) is 18.9 Å². The first-order valence-electron chi connectivity index (χ1n) is 5.76. The number of nitrogens with one attached hydrogen (secondary N) is 3. The molecule has 0 aliphatic carbocycles. The van der Waals surface area contributed by atoms with E-state index < -0.39 is 17.9 Å². The molecule has 6 heteroatoms. The lowest BCUT2D eigenvalue weighted by Gasteiger charge is -2.22. The predicted octanol–water partition coefficient (Wildman–Crippen LogP) is 1.23.